The van der Waals surface area contributed by atoms with Gasteiger partial charge < -0.3 is 15.6 Å². The molecule has 23 heavy (non-hydrogen) atoms. The Labute approximate surface area is 134 Å². The van der Waals surface area contributed by atoms with E-state index in [0.29, 0.717) is 25.5 Å². The van der Waals surface area contributed by atoms with E-state index in [2.05, 4.69) is 37.7 Å². The van der Waals surface area contributed by atoms with Gasteiger partial charge in [-0.25, -0.2) is 9.97 Å². The number of hydrogen-bond acceptors (Lipinski definition) is 4. The summed E-state index contributed by atoms with van der Waals surface area (Å²) in [7, 11) is 0. The Hall–Kier alpha value is -2.89. The number of H-pyrrole nitrogens is 1. The molecule has 6 nitrogen and oxygen atoms in total. The lowest BCUT2D eigenvalue weighted by Gasteiger charge is -2.06. The van der Waals surface area contributed by atoms with Crippen molar-refractivity contribution in [3.63, 3.8) is 0 Å². The third-order valence-electron chi connectivity index (χ3n) is 3.59. The molecule has 0 radical (unpaired) electrons. The van der Waals surface area contributed by atoms with Crippen molar-refractivity contribution in [2.75, 3.05) is 18.4 Å². The summed E-state index contributed by atoms with van der Waals surface area (Å²) in [4.78, 5) is 23.2. The van der Waals surface area contributed by atoms with E-state index in [0.717, 1.165) is 11.9 Å². The van der Waals surface area contributed by atoms with E-state index in [1.54, 1.807) is 18.5 Å². The molecule has 6 heteroatoms. The Bertz CT molecular complexity index is 769. The van der Waals surface area contributed by atoms with Gasteiger partial charge in [-0.05, 0) is 24.1 Å². The van der Waals surface area contributed by atoms with Gasteiger partial charge in [-0.2, -0.15) is 0 Å². The highest BCUT2D eigenvalue weighted by Gasteiger charge is 2.05. The van der Waals surface area contributed by atoms with Gasteiger partial charge in [0.25, 0.3) is 0 Å². The van der Waals surface area contributed by atoms with Gasteiger partial charge in [0, 0.05) is 49.0 Å². The number of benzene rings is 1. The quantitative estimate of drug-likeness (QED) is 0.624. The fourth-order valence-corrected chi connectivity index (χ4v) is 2.44. The number of hydrogen-bond donors (Lipinski definition) is 3. The third-order valence-corrected chi connectivity index (χ3v) is 3.59. The van der Waals surface area contributed by atoms with Gasteiger partial charge in [0.05, 0.1) is 0 Å². The first-order chi connectivity index (χ1) is 11.3. The number of para-hydroxylation sites is 1. The molecule has 3 N–H and O–H groups in total. The van der Waals surface area contributed by atoms with Crippen LogP contribution in [0, 0.1) is 0 Å². The van der Waals surface area contributed by atoms with Crippen molar-refractivity contribution in [3.05, 3.63) is 54.5 Å². The van der Waals surface area contributed by atoms with E-state index in [4.69, 9.17) is 0 Å². The van der Waals surface area contributed by atoms with E-state index in [1.807, 2.05) is 18.3 Å². The Morgan fingerprint density at radius 2 is 1.91 bits per heavy atom. The van der Waals surface area contributed by atoms with E-state index in [1.165, 1.54) is 10.9 Å². The normalized spacial score (nSPS) is 10.6. The molecule has 0 unspecified atom stereocenters. The average molecular weight is 309 g/mol. The zero-order chi connectivity index (χ0) is 15.9. The largest absolute Gasteiger partial charge is 0.361 e. The molecular formula is C17H19N5O. The van der Waals surface area contributed by atoms with Crippen molar-refractivity contribution in [1.82, 2.24) is 20.3 Å². The number of aromatic nitrogens is 3. The van der Waals surface area contributed by atoms with Crippen LogP contribution in [0.15, 0.2) is 48.9 Å². The molecule has 0 fully saturated rings. The van der Waals surface area contributed by atoms with Gasteiger partial charge in [-0.3, -0.25) is 4.79 Å². The van der Waals surface area contributed by atoms with Crippen LogP contribution in [-0.2, 0) is 11.2 Å². The molecule has 118 valence electrons. The molecule has 0 spiro atoms. The van der Waals surface area contributed by atoms with Crippen LogP contribution in [-0.4, -0.2) is 33.9 Å². The summed E-state index contributed by atoms with van der Waals surface area (Å²) >= 11 is 0. The fourth-order valence-electron chi connectivity index (χ4n) is 2.44. The number of rotatable bonds is 7. The molecule has 3 rings (SSSR count). The number of carbonyl (C=O) groups excluding carboxylic acids is 1. The molecule has 0 aliphatic carbocycles. The predicted molar refractivity (Wildman–Crippen MR) is 90.2 cm³/mol. The van der Waals surface area contributed by atoms with Crippen LogP contribution in [0.5, 0.6) is 0 Å². The summed E-state index contributed by atoms with van der Waals surface area (Å²) in [5.74, 6) is 0.562. The zero-order valence-electron chi connectivity index (χ0n) is 12.7. The molecule has 1 aromatic carbocycles. The van der Waals surface area contributed by atoms with Gasteiger partial charge >= 0.3 is 0 Å². The summed E-state index contributed by atoms with van der Waals surface area (Å²) in [6.07, 6.45) is 6.54. The molecular weight excluding hydrogens is 290 g/mol. The predicted octanol–water partition coefficient (Wildman–Crippen LogP) is 2.12. The van der Waals surface area contributed by atoms with Crippen molar-refractivity contribution in [2.24, 2.45) is 0 Å². The van der Waals surface area contributed by atoms with Crippen LogP contribution in [0.1, 0.15) is 12.0 Å². The first-order valence-corrected chi connectivity index (χ1v) is 7.65. The molecule has 0 bridgehead atoms. The molecule has 0 atom stereocenters. The monoisotopic (exact) mass is 309 g/mol. The highest BCUT2D eigenvalue weighted by molar-refractivity contribution is 5.83. The maximum Gasteiger partial charge on any atom is 0.222 e. The van der Waals surface area contributed by atoms with Crippen molar-refractivity contribution < 1.29 is 4.79 Å². The summed E-state index contributed by atoms with van der Waals surface area (Å²) in [6.45, 7) is 1.14. The molecule has 2 heterocycles. The molecule has 2 aromatic heterocycles. The second-order valence-electron chi connectivity index (χ2n) is 5.21. The average Bonchev–Trinajstić information content (AvgIpc) is 2.99. The second kappa shape index (κ2) is 7.40. The Morgan fingerprint density at radius 3 is 2.78 bits per heavy atom. The number of amides is 1. The van der Waals surface area contributed by atoms with Gasteiger partial charge in [0.2, 0.25) is 11.9 Å². The van der Waals surface area contributed by atoms with Crippen molar-refractivity contribution >= 4 is 22.8 Å². The Morgan fingerprint density at radius 1 is 1.09 bits per heavy atom. The van der Waals surface area contributed by atoms with Crippen molar-refractivity contribution in [3.8, 4) is 0 Å². The smallest absolute Gasteiger partial charge is 0.222 e. The molecule has 0 aliphatic heterocycles. The maximum absolute atomic E-state index is 11.8. The lowest BCUT2D eigenvalue weighted by Crippen LogP contribution is -2.27. The minimum absolute atomic E-state index is 0.0215. The summed E-state index contributed by atoms with van der Waals surface area (Å²) in [5.41, 5.74) is 2.34. The van der Waals surface area contributed by atoms with Crippen molar-refractivity contribution in [1.29, 1.82) is 0 Å². The standard InChI is InChI=1S/C17H19N5O/c23-16(7-11-21-17-19-8-3-9-20-17)18-10-6-13-12-22-15-5-2-1-4-14(13)15/h1-5,8-9,12,22H,6-7,10-11H2,(H,18,23)(H,19,20,21). The Balaban J connectivity index is 1.39. The van der Waals surface area contributed by atoms with Crippen LogP contribution >= 0.6 is 0 Å². The van der Waals surface area contributed by atoms with Crippen LogP contribution in [0.4, 0.5) is 5.95 Å². The number of carbonyl (C=O) groups is 1. The fraction of sp³-hybridized carbons (Fsp3) is 0.235. The van der Waals surface area contributed by atoms with Crippen LogP contribution in [0.25, 0.3) is 10.9 Å². The summed E-state index contributed by atoms with van der Waals surface area (Å²) in [5, 5.41) is 7.17. The third kappa shape index (κ3) is 4.06. The molecule has 1 amide bonds. The highest BCUT2D eigenvalue weighted by atomic mass is 16.1. The van der Waals surface area contributed by atoms with Gasteiger partial charge in [-0.1, -0.05) is 18.2 Å². The number of fused-ring (bicyclic) bond motifs is 1. The Kier molecular flexibility index (Phi) is 4.83. The minimum atomic E-state index is 0.0215. The van der Waals surface area contributed by atoms with E-state index >= 15 is 0 Å². The SMILES string of the molecule is O=C(CCNc1ncccn1)NCCc1c[nH]c2ccccc12. The minimum Gasteiger partial charge on any atom is -0.361 e. The number of aromatic amines is 1. The first-order valence-electron chi connectivity index (χ1n) is 7.65. The number of nitrogens with zero attached hydrogens (tertiary/aromatic N) is 2. The molecule has 3 aromatic rings. The lowest BCUT2D eigenvalue weighted by atomic mass is 10.1. The van der Waals surface area contributed by atoms with Crippen LogP contribution < -0.4 is 10.6 Å². The molecule has 0 saturated carbocycles. The first kappa shape index (κ1) is 15.0. The van der Waals surface area contributed by atoms with E-state index < -0.39 is 0 Å². The summed E-state index contributed by atoms with van der Waals surface area (Å²) < 4.78 is 0. The summed E-state index contributed by atoms with van der Waals surface area (Å²) in [6, 6.07) is 9.92. The van der Waals surface area contributed by atoms with Crippen LogP contribution in [0.2, 0.25) is 0 Å². The zero-order valence-corrected chi connectivity index (χ0v) is 12.7. The highest BCUT2D eigenvalue weighted by Crippen LogP contribution is 2.17. The molecule has 0 aliphatic rings. The number of nitrogens with one attached hydrogen (secondary N) is 3. The second-order valence-corrected chi connectivity index (χ2v) is 5.21. The lowest BCUT2D eigenvalue weighted by molar-refractivity contribution is -0.120. The molecule has 0 saturated heterocycles. The van der Waals surface area contributed by atoms with E-state index in [9.17, 15) is 4.79 Å². The topological polar surface area (TPSA) is 82.7 Å². The van der Waals surface area contributed by atoms with Crippen LogP contribution in [0.3, 0.4) is 0 Å². The van der Waals surface area contributed by atoms with E-state index in [-0.39, 0.29) is 5.91 Å². The van der Waals surface area contributed by atoms with Gasteiger partial charge in [0.15, 0.2) is 0 Å². The van der Waals surface area contributed by atoms with Gasteiger partial charge in [0.1, 0.15) is 0 Å². The maximum atomic E-state index is 11.8. The number of anilines is 1. The van der Waals surface area contributed by atoms with Gasteiger partial charge in [-0.15, -0.1) is 0 Å². The van der Waals surface area contributed by atoms with Crippen molar-refractivity contribution in [2.45, 2.75) is 12.8 Å².